The van der Waals surface area contributed by atoms with Gasteiger partial charge in [-0.3, -0.25) is 0 Å². The summed E-state index contributed by atoms with van der Waals surface area (Å²) in [4.78, 5) is 0. The van der Waals surface area contributed by atoms with Crippen molar-refractivity contribution in [2.75, 3.05) is 5.32 Å². The summed E-state index contributed by atoms with van der Waals surface area (Å²) in [5.74, 6) is 0.215. The number of nitrogens with one attached hydrogen (secondary N) is 1. The second kappa shape index (κ2) is 6.35. The molecule has 0 aliphatic carbocycles. The highest BCUT2D eigenvalue weighted by Crippen LogP contribution is 2.24. The fourth-order valence-corrected chi connectivity index (χ4v) is 1.84. The molecule has 1 aromatic carbocycles. The quantitative estimate of drug-likeness (QED) is 0.328. The summed E-state index contributed by atoms with van der Waals surface area (Å²) in [7, 11) is 0. The van der Waals surface area contributed by atoms with Crippen molar-refractivity contribution < 1.29 is 5.21 Å². The van der Waals surface area contributed by atoms with Crippen LogP contribution in [0.3, 0.4) is 0 Å². The first-order valence-corrected chi connectivity index (χ1v) is 5.93. The highest BCUT2D eigenvalue weighted by atomic mass is 35.5. The number of anilines is 1. The molecule has 0 saturated heterocycles. The van der Waals surface area contributed by atoms with Gasteiger partial charge in [-0.15, -0.1) is 0 Å². The van der Waals surface area contributed by atoms with Gasteiger partial charge >= 0.3 is 0 Å². The molecular weight excluding hydrogens is 238 g/mol. The molecule has 0 aromatic heterocycles. The van der Waals surface area contributed by atoms with Crippen molar-refractivity contribution in [2.24, 2.45) is 10.9 Å². The Morgan fingerprint density at radius 3 is 2.82 bits per heavy atom. The summed E-state index contributed by atoms with van der Waals surface area (Å²) in [5.41, 5.74) is 7.48. The minimum absolute atomic E-state index is 0.103. The zero-order valence-corrected chi connectivity index (χ0v) is 10.8. The van der Waals surface area contributed by atoms with E-state index in [-0.39, 0.29) is 11.9 Å². The van der Waals surface area contributed by atoms with Gasteiger partial charge in [0.2, 0.25) is 0 Å². The van der Waals surface area contributed by atoms with Crippen molar-refractivity contribution in [2.45, 2.75) is 32.7 Å². The van der Waals surface area contributed by atoms with E-state index < -0.39 is 0 Å². The minimum atomic E-state index is 0.103. The summed E-state index contributed by atoms with van der Waals surface area (Å²) in [6.07, 6.45) is 1.34. The topological polar surface area (TPSA) is 70.6 Å². The lowest BCUT2D eigenvalue weighted by molar-refractivity contribution is 0.316. The predicted octanol–water partition coefficient (Wildman–Crippen LogP) is 2.98. The first kappa shape index (κ1) is 13.6. The summed E-state index contributed by atoms with van der Waals surface area (Å²) in [6.45, 7) is 4.02. The smallest absolute Gasteiger partial charge is 0.141 e. The molecule has 1 rings (SSSR count). The van der Waals surface area contributed by atoms with E-state index in [2.05, 4.69) is 10.5 Å². The number of rotatable bonds is 5. The Hall–Kier alpha value is -1.42. The molecule has 0 spiro atoms. The summed E-state index contributed by atoms with van der Waals surface area (Å²) < 4.78 is 0. The molecule has 1 aromatic rings. The summed E-state index contributed by atoms with van der Waals surface area (Å²) in [5, 5.41) is 15.5. The van der Waals surface area contributed by atoms with Crippen LogP contribution in [0.25, 0.3) is 0 Å². The van der Waals surface area contributed by atoms with E-state index in [1.807, 2.05) is 32.0 Å². The van der Waals surface area contributed by atoms with E-state index in [9.17, 15) is 0 Å². The van der Waals surface area contributed by atoms with Gasteiger partial charge in [0.15, 0.2) is 0 Å². The zero-order valence-electron chi connectivity index (χ0n) is 10.1. The van der Waals surface area contributed by atoms with Crippen molar-refractivity contribution in [3.63, 3.8) is 0 Å². The third-order valence-corrected chi connectivity index (χ3v) is 2.87. The van der Waals surface area contributed by atoms with Crippen molar-refractivity contribution in [3.8, 4) is 0 Å². The average molecular weight is 256 g/mol. The number of amidine groups is 1. The van der Waals surface area contributed by atoms with E-state index in [0.717, 1.165) is 17.7 Å². The monoisotopic (exact) mass is 255 g/mol. The lowest BCUT2D eigenvalue weighted by Crippen LogP contribution is -2.26. The largest absolute Gasteiger partial charge is 0.409 e. The standard InChI is InChI=1S/C12H18ClN3O/c1-3-9(7-12(14)16-17)15-11-5-4-8(2)6-10(11)13/h4-6,9,15,17H,3,7H2,1-2H3,(H2,14,16). The molecule has 0 aliphatic rings. The molecule has 0 heterocycles. The second-order valence-corrected chi connectivity index (χ2v) is 4.44. The number of oxime groups is 1. The fraction of sp³-hybridized carbons (Fsp3) is 0.417. The van der Waals surface area contributed by atoms with Gasteiger partial charge in [-0.2, -0.15) is 0 Å². The van der Waals surface area contributed by atoms with Crippen molar-refractivity contribution in [3.05, 3.63) is 28.8 Å². The Balaban J connectivity index is 2.73. The SMILES string of the molecule is CCC(C/C(N)=N/O)Nc1ccc(C)cc1Cl. The van der Waals surface area contributed by atoms with E-state index in [0.29, 0.717) is 11.4 Å². The Kier molecular flexibility index (Phi) is 5.10. The van der Waals surface area contributed by atoms with Gasteiger partial charge in [0.25, 0.3) is 0 Å². The number of aryl methyl sites for hydroxylation is 1. The molecule has 17 heavy (non-hydrogen) atoms. The highest BCUT2D eigenvalue weighted by Gasteiger charge is 2.10. The number of hydrogen-bond donors (Lipinski definition) is 3. The molecule has 1 unspecified atom stereocenters. The van der Waals surface area contributed by atoms with Gasteiger partial charge in [-0.1, -0.05) is 29.7 Å². The van der Waals surface area contributed by atoms with E-state index in [4.69, 9.17) is 22.5 Å². The molecule has 94 valence electrons. The molecule has 1 atom stereocenters. The van der Waals surface area contributed by atoms with Crippen LogP contribution in [0.1, 0.15) is 25.3 Å². The summed E-state index contributed by atoms with van der Waals surface area (Å²) in [6, 6.07) is 5.93. The van der Waals surface area contributed by atoms with E-state index in [1.165, 1.54) is 0 Å². The first-order chi connectivity index (χ1) is 8.06. The third kappa shape index (κ3) is 4.15. The fourth-order valence-electron chi connectivity index (χ4n) is 1.55. The van der Waals surface area contributed by atoms with Crippen molar-refractivity contribution in [1.82, 2.24) is 0 Å². The van der Waals surface area contributed by atoms with Crippen LogP contribution in [0.15, 0.2) is 23.4 Å². The second-order valence-electron chi connectivity index (χ2n) is 4.03. The van der Waals surface area contributed by atoms with Crippen LogP contribution in [0.5, 0.6) is 0 Å². The van der Waals surface area contributed by atoms with Crippen LogP contribution >= 0.6 is 11.6 Å². The van der Waals surface area contributed by atoms with Gasteiger partial charge in [0, 0.05) is 12.5 Å². The maximum Gasteiger partial charge on any atom is 0.141 e. The third-order valence-electron chi connectivity index (χ3n) is 2.56. The molecular formula is C12H18ClN3O. The molecule has 4 N–H and O–H groups in total. The van der Waals surface area contributed by atoms with E-state index in [1.54, 1.807) is 0 Å². The lowest BCUT2D eigenvalue weighted by atomic mass is 10.1. The van der Waals surface area contributed by atoms with E-state index >= 15 is 0 Å². The Labute approximate surface area is 106 Å². The van der Waals surface area contributed by atoms with Crippen LogP contribution < -0.4 is 11.1 Å². The lowest BCUT2D eigenvalue weighted by Gasteiger charge is -2.18. The van der Waals surface area contributed by atoms with Gasteiger partial charge in [-0.25, -0.2) is 0 Å². The maximum absolute atomic E-state index is 8.55. The van der Waals surface area contributed by atoms with Gasteiger partial charge in [-0.05, 0) is 31.0 Å². The van der Waals surface area contributed by atoms with Crippen LogP contribution in [-0.4, -0.2) is 17.1 Å². The van der Waals surface area contributed by atoms with Gasteiger partial charge in [0.1, 0.15) is 5.84 Å². The summed E-state index contributed by atoms with van der Waals surface area (Å²) >= 11 is 6.13. The molecule has 0 saturated carbocycles. The number of nitrogens with two attached hydrogens (primary N) is 1. The molecule has 0 fully saturated rings. The molecule has 0 bridgehead atoms. The zero-order chi connectivity index (χ0) is 12.8. The number of halogens is 1. The average Bonchev–Trinajstić information content (AvgIpc) is 2.31. The normalized spacial score (nSPS) is 13.5. The number of hydrogen-bond acceptors (Lipinski definition) is 3. The maximum atomic E-state index is 8.55. The molecule has 0 amide bonds. The number of benzene rings is 1. The van der Waals surface area contributed by atoms with Crippen molar-refractivity contribution in [1.29, 1.82) is 0 Å². The highest BCUT2D eigenvalue weighted by molar-refractivity contribution is 6.33. The van der Waals surface area contributed by atoms with Gasteiger partial charge < -0.3 is 16.3 Å². The minimum Gasteiger partial charge on any atom is -0.409 e. The Bertz CT molecular complexity index is 407. The predicted molar refractivity (Wildman–Crippen MR) is 71.9 cm³/mol. The Morgan fingerprint density at radius 1 is 1.59 bits per heavy atom. The Morgan fingerprint density at radius 2 is 2.29 bits per heavy atom. The van der Waals surface area contributed by atoms with Crippen LogP contribution in [0, 0.1) is 6.92 Å². The molecule has 4 nitrogen and oxygen atoms in total. The molecule has 0 radical (unpaired) electrons. The molecule has 0 aliphatic heterocycles. The van der Waals surface area contributed by atoms with Crippen molar-refractivity contribution >= 4 is 23.1 Å². The molecule has 5 heteroatoms. The van der Waals surface area contributed by atoms with Crippen LogP contribution in [-0.2, 0) is 0 Å². The first-order valence-electron chi connectivity index (χ1n) is 5.56. The van der Waals surface area contributed by atoms with Crippen LogP contribution in [0.4, 0.5) is 5.69 Å². The number of nitrogens with zero attached hydrogens (tertiary/aromatic N) is 1. The van der Waals surface area contributed by atoms with Gasteiger partial charge in [0.05, 0.1) is 10.7 Å². The van der Waals surface area contributed by atoms with Crippen LogP contribution in [0.2, 0.25) is 5.02 Å².